The molecule has 0 amide bonds. The quantitative estimate of drug-likeness (QED) is 0.706. The van der Waals surface area contributed by atoms with Gasteiger partial charge in [0.15, 0.2) is 9.84 Å². The van der Waals surface area contributed by atoms with E-state index >= 15 is 0 Å². The third kappa shape index (κ3) is 3.20. The summed E-state index contributed by atoms with van der Waals surface area (Å²) in [7, 11) is -3.52. The highest BCUT2D eigenvalue weighted by atomic mass is 32.2. The third-order valence-electron chi connectivity index (χ3n) is 3.86. The average molecular weight is 322 g/mol. The molecule has 0 unspecified atom stereocenters. The van der Waals surface area contributed by atoms with Crippen LogP contribution in [0.15, 0.2) is 89.8 Å². The van der Waals surface area contributed by atoms with Crippen molar-refractivity contribution in [1.82, 2.24) is 0 Å². The fourth-order valence-electron chi connectivity index (χ4n) is 2.67. The van der Waals surface area contributed by atoms with Crippen molar-refractivity contribution in [3.05, 3.63) is 102 Å². The predicted molar refractivity (Wildman–Crippen MR) is 93.1 cm³/mol. The molecule has 2 nitrogen and oxygen atoms in total. The maximum atomic E-state index is 13.2. The molecule has 3 heteroatoms. The first-order valence-electron chi connectivity index (χ1n) is 7.49. The van der Waals surface area contributed by atoms with Crippen LogP contribution in [0.5, 0.6) is 0 Å². The van der Waals surface area contributed by atoms with Crippen LogP contribution in [0.1, 0.15) is 21.9 Å². The van der Waals surface area contributed by atoms with Gasteiger partial charge in [-0.25, -0.2) is 8.42 Å². The SMILES string of the molecule is Cc1ccc(S(=O)(=O)C(c2ccccc2)c2ccccc2)cc1. The van der Waals surface area contributed by atoms with Crippen LogP contribution in [0.3, 0.4) is 0 Å². The van der Waals surface area contributed by atoms with E-state index in [1.54, 1.807) is 12.1 Å². The molecule has 0 heterocycles. The molecule has 0 N–H and O–H groups in total. The zero-order valence-electron chi connectivity index (χ0n) is 12.9. The summed E-state index contributed by atoms with van der Waals surface area (Å²) in [6.07, 6.45) is 0. The number of hydrogen-bond donors (Lipinski definition) is 0. The lowest BCUT2D eigenvalue weighted by Crippen LogP contribution is -2.15. The van der Waals surface area contributed by atoms with Crippen molar-refractivity contribution in [3.63, 3.8) is 0 Å². The van der Waals surface area contributed by atoms with Crippen LogP contribution in [0.25, 0.3) is 0 Å². The van der Waals surface area contributed by atoms with Crippen molar-refractivity contribution in [2.45, 2.75) is 17.1 Å². The molecule has 116 valence electrons. The van der Waals surface area contributed by atoms with Crippen LogP contribution in [0.4, 0.5) is 0 Å². The van der Waals surface area contributed by atoms with Crippen molar-refractivity contribution in [3.8, 4) is 0 Å². The number of benzene rings is 3. The van der Waals surface area contributed by atoms with Gasteiger partial charge in [0.2, 0.25) is 0 Å². The van der Waals surface area contributed by atoms with Crippen molar-refractivity contribution in [1.29, 1.82) is 0 Å². The number of rotatable bonds is 4. The Morgan fingerprint density at radius 3 is 1.52 bits per heavy atom. The second kappa shape index (κ2) is 6.39. The summed E-state index contributed by atoms with van der Waals surface area (Å²) >= 11 is 0. The Labute approximate surface area is 137 Å². The van der Waals surface area contributed by atoms with E-state index in [1.165, 1.54) is 0 Å². The molecular weight excluding hydrogens is 304 g/mol. The summed E-state index contributed by atoms with van der Waals surface area (Å²) in [5.74, 6) is 0. The molecule has 3 aromatic carbocycles. The Morgan fingerprint density at radius 1 is 0.652 bits per heavy atom. The third-order valence-corrected chi connectivity index (χ3v) is 5.96. The first-order valence-corrected chi connectivity index (χ1v) is 9.04. The molecule has 0 aliphatic rings. The zero-order chi connectivity index (χ0) is 16.3. The van der Waals surface area contributed by atoms with Crippen LogP contribution in [0.2, 0.25) is 0 Å². The highest BCUT2D eigenvalue weighted by molar-refractivity contribution is 7.91. The highest BCUT2D eigenvalue weighted by Crippen LogP contribution is 2.34. The molecule has 0 saturated heterocycles. The maximum absolute atomic E-state index is 13.2. The van der Waals surface area contributed by atoms with E-state index in [0.717, 1.165) is 16.7 Å². The summed E-state index contributed by atoms with van der Waals surface area (Å²) in [5, 5.41) is -0.701. The summed E-state index contributed by atoms with van der Waals surface area (Å²) in [6.45, 7) is 1.95. The van der Waals surface area contributed by atoms with Crippen LogP contribution in [-0.2, 0) is 9.84 Å². The molecule has 0 spiro atoms. The van der Waals surface area contributed by atoms with E-state index in [0.29, 0.717) is 4.90 Å². The average Bonchev–Trinajstić information content (AvgIpc) is 2.57. The van der Waals surface area contributed by atoms with Crippen LogP contribution < -0.4 is 0 Å². The van der Waals surface area contributed by atoms with Gasteiger partial charge in [-0.1, -0.05) is 78.4 Å². The predicted octanol–water partition coefficient (Wildman–Crippen LogP) is 4.56. The van der Waals surface area contributed by atoms with Gasteiger partial charge in [0.25, 0.3) is 0 Å². The minimum absolute atomic E-state index is 0.348. The highest BCUT2D eigenvalue weighted by Gasteiger charge is 2.30. The van der Waals surface area contributed by atoms with Crippen molar-refractivity contribution in [2.75, 3.05) is 0 Å². The van der Waals surface area contributed by atoms with E-state index in [2.05, 4.69) is 0 Å². The molecule has 0 saturated carbocycles. The molecular formula is C20H18O2S. The van der Waals surface area contributed by atoms with Crippen molar-refractivity contribution in [2.24, 2.45) is 0 Å². The fourth-order valence-corrected chi connectivity index (χ4v) is 4.49. The van der Waals surface area contributed by atoms with Crippen LogP contribution >= 0.6 is 0 Å². The minimum Gasteiger partial charge on any atom is -0.223 e. The molecule has 0 aromatic heterocycles. The zero-order valence-corrected chi connectivity index (χ0v) is 13.7. The first-order chi connectivity index (χ1) is 11.1. The summed E-state index contributed by atoms with van der Waals surface area (Å²) in [4.78, 5) is 0.348. The lowest BCUT2D eigenvalue weighted by molar-refractivity contribution is 0.589. The van der Waals surface area contributed by atoms with E-state index < -0.39 is 15.1 Å². The number of hydrogen-bond acceptors (Lipinski definition) is 2. The number of aryl methyl sites for hydroxylation is 1. The first kappa shape index (κ1) is 15.5. The van der Waals surface area contributed by atoms with E-state index in [-0.39, 0.29) is 0 Å². The molecule has 0 radical (unpaired) electrons. The monoisotopic (exact) mass is 322 g/mol. The van der Waals surface area contributed by atoms with E-state index in [1.807, 2.05) is 79.7 Å². The van der Waals surface area contributed by atoms with E-state index in [9.17, 15) is 8.42 Å². The Morgan fingerprint density at radius 2 is 1.09 bits per heavy atom. The minimum atomic E-state index is -3.52. The van der Waals surface area contributed by atoms with Gasteiger partial charge in [-0.3, -0.25) is 0 Å². The van der Waals surface area contributed by atoms with Crippen molar-refractivity contribution >= 4 is 9.84 Å². The standard InChI is InChI=1S/C20H18O2S/c1-16-12-14-19(15-13-16)23(21,22)20(17-8-4-2-5-9-17)18-10-6-3-7-11-18/h2-15,20H,1H3. The van der Waals surface area contributed by atoms with Gasteiger partial charge in [-0.2, -0.15) is 0 Å². The van der Waals surface area contributed by atoms with Crippen LogP contribution in [0, 0.1) is 6.92 Å². The van der Waals surface area contributed by atoms with Crippen molar-refractivity contribution < 1.29 is 8.42 Å². The molecule has 0 bridgehead atoms. The lowest BCUT2D eigenvalue weighted by Gasteiger charge is -2.19. The molecule has 0 atom stereocenters. The summed E-state index contributed by atoms with van der Waals surface area (Å²) in [5.41, 5.74) is 2.60. The Balaban J connectivity index is 2.17. The van der Waals surface area contributed by atoms with Gasteiger partial charge in [-0.05, 0) is 30.2 Å². The molecule has 3 aromatic rings. The normalized spacial score (nSPS) is 11.6. The van der Waals surface area contributed by atoms with Gasteiger partial charge in [0.1, 0.15) is 5.25 Å². The van der Waals surface area contributed by atoms with Gasteiger partial charge in [0.05, 0.1) is 4.90 Å². The Hall–Kier alpha value is -2.39. The fraction of sp³-hybridized carbons (Fsp3) is 0.100. The molecule has 3 rings (SSSR count). The molecule has 0 fully saturated rings. The Bertz CT molecular complexity index is 828. The topological polar surface area (TPSA) is 34.1 Å². The number of sulfone groups is 1. The van der Waals surface area contributed by atoms with Gasteiger partial charge >= 0.3 is 0 Å². The second-order valence-electron chi connectivity index (χ2n) is 5.56. The van der Waals surface area contributed by atoms with Gasteiger partial charge in [0, 0.05) is 0 Å². The van der Waals surface area contributed by atoms with E-state index in [4.69, 9.17) is 0 Å². The summed E-state index contributed by atoms with van der Waals surface area (Å²) < 4.78 is 26.5. The molecule has 0 aliphatic carbocycles. The molecule has 0 aliphatic heterocycles. The lowest BCUT2D eigenvalue weighted by atomic mass is 10.0. The van der Waals surface area contributed by atoms with Crippen LogP contribution in [-0.4, -0.2) is 8.42 Å². The smallest absolute Gasteiger partial charge is 0.189 e. The summed E-state index contributed by atoms with van der Waals surface area (Å²) in [6, 6.07) is 25.8. The maximum Gasteiger partial charge on any atom is 0.189 e. The van der Waals surface area contributed by atoms with Gasteiger partial charge in [-0.15, -0.1) is 0 Å². The Kier molecular flexibility index (Phi) is 4.30. The van der Waals surface area contributed by atoms with Gasteiger partial charge < -0.3 is 0 Å². The molecule has 23 heavy (non-hydrogen) atoms. The second-order valence-corrected chi connectivity index (χ2v) is 7.59. The largest absolute Gasteiger partial charge is 0.223 e.